The van der Waals surface area contributed by atoms with Gasteiger partial charge in [-0.3, -0.25) is 4.79 Å². The number of carbonyl (C=O) groups is 1. The van der Waals surface area contributed by atoms with Crippen LogP contribution in [0.4, 0.5) is 5.69 Å². The van der Waals surface area contributed by atoms with Gasteiger partial charge in [0, 0.05) is 17.9 Å². The molecule has 0 aliphatic rings. The molecule has 2 aromatic rings. The van der Waals surface area contributed by atoms with E-state index in [9.17, 15) is 4.79 Å². The molecule has 1 N–H and O–H groups in total. The highest BCUT2D eigenvalue weighted by molar-refractivity contribution is 8.01. The van der Waals surface area contributed by atoms with Crippen LogP contribution in [0.25, 0.3) is 0 Å². The van der Waals surface area contributed by atoms with Gasteiger partial charge in [-0.1, -0.05) is 29.2 Å². The quantitative estimate of drug-likeness (QED) is 0.858. The highest BCUT2D eigenvalue weighted by Gasteiger charge is 2.06. The molecule has 0 bridgehead atoms. The molecule has 20 heavy (non-hydrogen) atoms. The molecule has 1 aromatic carbocycles. The maximum atomic E-state index is 11.9. The molecule has 4 nitrogen and oxygen atoms in total. The lowest BCUT2D eigenvalue weighted by molar-refractivity contribution is -0.115. The zero-order valence-corrected chi connectivity index (χ0v) is 13.4. The van der Waals surface area contributed by atoms with Gasteiger partial charge < -0.3 is 5.32 Å². The maximum Gasteiger partial charge on any atom is 0.225 e. The van der Waals surface area contributed by atoms with Gasteiger partial charge in [0.1, 0.15) is 5.01 Å². The Morgan fingerprint density at radius 3 is 2.50 bits per heavy atom. The average Bonchev–Trinajstić information content (AvgIpc) is 2.73. The third-order valence-corrected chi connectivity index (χ3v) is 4.54. The maximum absolute atomic E-state index is 11.9. The number of carbonyl (C=O) groups excluding carboxylic acids is 1. The van der Waals surface area contributed by atoms with Gasteiger partial charge in [-0.2, -0.15) is 0 Å². The summed E-state index contributed by atoms with van der Waals surface area (Å²) in [6.45, 7) is 5.97. The molecule has 0 spiro atoms. The van der Waals surface area contributed by atoms with Gasteiger partial charge in [0.15, 0.2) is 4.34 Å². The fourth-order valence-electron chi connectivity index (χ4n) is 1.84. The largest absolute Gasteiger partial charge is 0.326 e. The van der Waals surface area contributed by atoms with Crippen LogP contribution in [-0.2, 0) is 4.79 Å². The molecule has 0 aliphatic heterocycles. The lowest BCUT2D eigenvalue weighted by atomic mass is 10.1. The van der Waals surface area contributed by atoms with Crippen LogP contribution in [0.1, 0.15) is 22.6 Å². The van der Waals surface area contributed by atoms with Crippen LogP contribution in [-0.4, -0.2) is 21.9 Å². The molecule has 6 heteroatoms. The second-order valence-electron chi connectivity index (χ2n) is 4.61. The number of hydrogen-bond acceptors (Lipinski definition) is 5. The van der Waals surface area contributed by atoms with E-state index in [0.717, 1.165) is 26.2 Å². The van der Waals surface area contributed by atoms with E-state index in [4.69, 9.17) is 0 Å². The standard InChI is InChI=1S/C14H17N3OS2/c1-9-6-10(2)8-12(7-9)15-13(18)4-5-19-14-17-16-11(3)20-14/h6-8H,4-5H2,1-3H3,(H,15,18). The summed E-state index contributed by atoms with van der Waals surface area (Å²) in [5.41, 5.74) is 3.17. The van der Waals surface area contributed by atoms with Crippen LogP contribution in [0, 0.1) is 20.8 Å². The summed E-state index contributed by atoms with van der Waals surface area (Å²) < 4.78 is 0.918. The number of thioether (sulfide) groups is 1. The fraction of sp³-hybridized carbons (Fsp3) is 0.357. The Morgan fingerprint density at radius 1 is 1.20 bits per heavy atom. The predicted molar refractivity (Wildman–Crippen MR) is 84.5 cm³/mol. The predicted octanol–water partition coefficient (Wildman–Crippen LogP) is 3.58. The Labute approximate surface area is 127 Å². The molecule has 0 aliphatic carbocycles. The van der Waals surface area contributed by atoms with E-state index in [1.165, 1.54) is 0 Å². The van der Waals surface area contributed by atoms with Crippen molar-refractivity contribution in [3.63, 3.8) is 0 Å². The second kappa shape index (κ2) is 6.85. The summed E-state index contributed by atoms with van der Waals surface area (Å²) in [7, 11) is 0. The molecule has 0 saturated carbocycles. The minimum atomic E-state index is 0.0312. The van der Waals surface area contributed by atoms with Crippen molar-refractivity contribution in [3.05, 3.63) is 34.3 Å². The monoisotopic (exact) mass is 307 g/mol. The first-order valence-electron chi connectivity index (χ1n) is 6.34. The minimum absolute atomic E-state index is 0.0312. The normalized spacial score (nSPS) is 10.6. The van der Waals surface area contributed by atoms with Gasteiger partial charge in [-0.05, 0) is 44.0 Å². The van der Waals surface area contributed by atoms with Crippen LogP contribution < -0.4 is 5.32 Å². The number of hydrogen-bond donors (Lipinski definition) is 1. The highest BCUT2D eigenvalue weighted by atomic mass is 32.2. The Bertz CT molecular complexity index is 590. The molecule has 1 heterocycles. The van der Waals surface area contributed by atoms with Gasteiger partial charge in [0.2, 0.25) is 5.91 Å². The van der Waals surface area contributed by atoms with Crippen LogP contribution >= 0.6 is 23.1 Å². The molecule has 0 fully saturated rings. The Kier molecular flexibility index (Phi) is 5.14. The molecule has 0 saturated heterocycles. The average molecular weight is 307 g/mol. The number of rotatable bonds is 5. The van der Waals surface area contributed by atoms with Gasteiger partial charge in [0.25, 0.3) is 0 Å². The van der Waals surface area contributed by atoms with Crippen LogP contribution in [0.2, 0.25) is 0 Å². The molecular formula is C14H17N3OS2. The lowest BCUT2D eigenvalue weighted by Gasteiger charge is -2.07. The van der Waals surface area contributed by atoms with E-state index in [1.807, 2.05) is 32.9 Å². The first-order chi connectivity index (χ1) is 9.52. The summed E-state index contributed by atoms with van der Waals surface area (Å²) in [6, 6.07) is 6.04. The summed E-state index contributed by atoms with van der Waals surface area (Å²) in [4.78, 5) is 11.9. The van der Waals surface area contributed by atoms with Crippen LogP contribution in [0.15, 0.2) is 22.5 Å². The number of benzene rings is 1. The van der Waals surface area contributed by atoms with Crippen molar-refractivity contribution in [1.82, 2.24) is 10.2 Å². The fourth-order valence-corrected chi connectivity index (χ4v) is 3.66. The number of aromatic nitrogens is 2. The Morgan fingerprint density at radius 2 is 1.90 bits per heavy atom. The minimum Gasteiger partial charge on any atom is -0.326 e. The Balaban J connectivity index is 1.80. The van der Waals surface area contributed by atoms with E-state index in [1.54, 1.807) is 23.1 Å². The zero-order chi connectivity index (χ0) is 14.5. The lowest BCUT2D eigenvalue weighted by Crippen LogP contribution is -2.12. The molecule has 2 rings (SSSR count). The molecule has 1 aromatic heterocycles. The SMILES string of the molecule is Cc1cc(C)cc(NC(=O)CCSc2nnc(C)s2)c1. The van der Waals surface area contributed by atoms with Crippen molar-refractivity contribution >= 4 is 34.7 Å². The molecule has 0 radical (unpaired) electrons. The number of amides is 1. The van der Waals surface area contributed by atoms with E-state index in [-0.39, 0.29) is 5.91 Å². The number of anilines is 1. The topological polar surface area (TPSA) is 54.9 Å². The smallest absolute Gasteiger partial charge is 0.225 e. The zero-order valence-electron chi connectivity index (χ0n) is 11.8. The summed E-state index contributed by atoms with van der Waals surface area (Å²) >= 11 is 3.13. The number of nitrogens with one attached hydrogen (secondary N) is 1. The van der Waals surface area contributed by atoms with E-state index >= 15 is 0 Å². The van der Waals surface area contributed by atoms with Crippen LogP contribution in [0.3, 0.4) is 0 Å². The van der Waals surface area contributed by atoms with Gasteiger partial charge >= 0.3 is 0 Å². The first-order valence-corrected chi connectivity index (χ1v) is 8.14. The van der Waals surface area contributed by atoms with Crippen molar-refractivity contribution in [3.8, 4) is 0 Å². The highest BCUT2D eigenvalue weighted by Crippen LogP contribution is 2.22. The molecule has 1 amide bonds. The second-order valence-corrected chi connectivity index (χ2v) is 7.13. The van der Waals surface area contributed by atoms with E-state index in [0.29, 0.717) is 12.2 Å². The van der Waals surface area contributed by atoms with Crippen molar-refractivity contribution in [2.75, 3.05) is 11.1 Å². The van der Waals surface area contributed by atoms with Crippen molar-refractivity contribution in [2.24, 2.45) is 0 Å². The molecular weight excluding hydrogens is 290 g/mol. The summed E-state index contributed by atoms with van der Waals surface area (Å²) in [5.74, 6) is 0.745. The molecule has 106 valence electrons. The van der Waals surface area contributed by atoms with Gasteiger partial charge in [-0.15, -0.1) is 10.2 Å². The van der Waals surface area contributed by atoms with E-state index in [2.05, 4.69) is 21.6 Å². The van der Waals surface area contributed by atoms with Crippen LogP contribution in [0.5, 0.6) is 0 Å². The summed E-state index contributed by atoms with van der Waals surface area (Å²) in [5, 5.41) is 11.8. The third-order valence-electron chi connectivity index (χ3n) is 2.57. The van der Waals surface area contributed by atoms with Crippen molar-refractivity contribution in [1.29, 1.82) is 0 Å². The number of nitrogens with zero attached hydrogens (tertiary/aromatic N) is 2. The first kappa shape index (κ1) is 15.0. The third kappa shape index (κ3) is 4.61. The van der Waals surface area contributed by atoms with Crippen molar-refractivity contribution < 1.29 is 4.79 Å². The van der Waals surface area contributed by atoms with Gasteiger partial charge in [0.05, 0.1) is 0 Å². The summed E-state index contributed by atoms with van der Waals surface area (Å²) in [6.07, 6.45) is 0.469. The van der Waals surface area contributed by atoms with E-state index < -0.39 is 0 Å². The van der Waals surface area contributed by atoms with Gasteiger partial charge in [-0.25, -0.2) is 0 Å². The number of aryl methyl sites for hydroxylation is 3. The van der Waals surface area contributed by atoms with Crippen molar-refractivity contribution in [2.45, 2.75) is 31.5 Å². The molecule has 0 atom stereocenters. The molecule has 0 unspecified atom stereocenters. The Hall–Kier alpha value is -1.40.